The Morgan fingerprint density at radius 3 is 2.18 bits per heavy atom. The molecule has 6 heteroatoms. The average Bonchev–Trinajstić information content (AvgIpc) is 2.23. The van der Waals surface area contributed by atoms with Crippen LogP contribution in [0.25, 0.3) is 0 Å². The minimum atomic E-state index is -1.51. The van der Waals surface area contributed by atoms with Gasteiger partial charge >= 0.3 is 11.9 Å². The molecule has 3 N–H and O–H groups in total. The summed E-state index contributed by atoms with van der Waals surface area (Å²) in [7, 11) is 0. The third kappa shape index (κ3) is 5.89. The van der Waals surface area contributed by atoms with E-state index in [1.54, 1.807) is 0 Å². The summed E-state index contributed by atoms with van der Waals surface area (Å²) in [6, 6.07) is 0. The van der Waals surface area contributed by atoms with Gasteiger partial charge in [-0.15, -0.1) is 0 Å². The number of hydrogen-bond acceptors (Lipinski definition) is 3. The highest BCUT2D eigenvalue weighted by Crippen LogP contribution is 2.13. The van der Waals surface area contributed by atoms with Gasteiger partial charge in [-0.3, -0.25) is 9.59 Å². The fourth-order valence-electron chi connectivity index (χ4n) is 1.29. The third-order valence-corrected chi connectivity index (χ3v) is 2.48. The van der Waals surface area contributed by atoms with Crippen LogP contribution in [-0.2, 0) is 14.4 Å². The zero-order chi connectivity index (χ0) is 13.5. The molecule has 17 heavy (non-hydrogen) atoms. The zero-order valence-corrected chi connectivity index (χ0v) is 10.2. The van der Waals surface area contributed by atoms with Gasteiger partial charge in [-0.05, 0) is 19.8 Å². The highest BCUT2D eigenvalue weighted by atomic mass is 16.4. The summed E-state index contributed by atoms with van der Waals surface area (Å²) in [5.41, 5.74) is -1.51. The van der Waals surface area contributed by atoms with Crippen molar-refractivity contribution in [3.63, 3.8) is 0 Å². The van der Waals surface area contributed by atoms with E-state index in [-0.39, 0.29) is 25.2 Å². The largest absolute Gasteiger partial charge is 0.481 e. The first-order chi connectivity index (χ1) is 7.81. The molecule has 0 bridgehead atoms. The molecule has 0 rings (SSSR count). The van der Waals surface area contributed by atoms with Crippen molar-refractivity contribution in [2.45, 2.75) is 51.5 Å². The Hall–Kier alpha value is -1.59. The molecule has 0 aromatic carbocycles. The van der Waals surface area contributed by atoms with E-state index in [2.05, 4.69) is 5.32 Å². The van der Waals surface area contributed by atoms with Gasteiger partial charge < -0.3 is 15.5 Å². The Labute approximate surface area is 100 Å². The molecule has 0 aliphatic carbocycles. The monoisotopic (exact) mass is 245 g/mol. The van der Waals surface area contributed by atoms with E-state index in [1.165, 1.54) is 6.92 Å². The number of rotatable bonds is 8. The summed E-state index contributed by atoms with van der Waals surface area (Å²) in [6.45, 7) is 3.25. The van der Waals surface area contributed by atoms with E-state index in [0.29, 0.717) is 6.42 Å². The standard InChI is InChI=1S/C11H19NO5/c1-3-4-5-8(13)12-11(2,10(16)17)7-6-9(14)15/h3-7H2,1-2H3,(H,12,13)(H,14,15)(H,16,17)/t11-/m0/s1. The third-order valence-electron chi connectivity index (χ3n) is 2.48. The quantitative estimate of drug-likeness (QED) is 0.592. The van der Waals surface area contributed by atoms with Crippen molar-refractivity contribution < 1.29 is 24.6 Å². The maximum Gasteiger partial charge on any atom is 0.329 e. The number of carboxylic acids is 2. The van der Waals surface area contributed by atoms with Crippen LogP contribution in [0.4, 0.5) is 0 Å². The lowest BCUT2D eigenvalue weighted by Gasteiger charge is -2.25. The average molecular weight is 245 g/mol. The second-order valence-corrected chi connectivity index (χ2v) is 4.18. The topological polar surface area (TPSA) is 104 Å². The zero-order valence-electron chi connectivity index (χ0n) is 10.2. The first kappa shape index (κ1) is 15.4. The molecule has 98 valence electrons. The van der Waals surface area contributed by atoms with Crippen LogP contribution in [0, 0.1) is 0 Å². The number of unbranched alkanes of at least 4 members (excludes halogenated alkanes) is 1. The predicted octanol–water partition coefficient (Wildman–Crippen LogP) is 1.00. The summed E-state index contributed by atoms with van der Waals surface area (Å²) in [5, 5.41) is 19.9. The van der Waals surface area contributed by atoms with E-state index in [9.17, 15) is 14.4 Å². The Kier molecular flexibility index (Phi) is 6.23. The van der Waals surface area contributed by atoms with E-state index < -0.39 is 17.5 Å². The minimum Gasteiger partial charge on any atom is -0.481 e. The van der Waals surface area contributed by atoms with Crippen LogP contribution in [-0.4, -0.2) is 33.6 Å². The van der Waals surface area contributed by atoms with Crippen LogP contribution in [0.5, 0.6) is 0 Å². The van der Waals surface area contributed by atoms with E-state index in [0.717, 1.165) is 6.42 Å². The number of amides is 1. The van der Waals surface area contributed by atoms with Gasteiger partial charge in [0, 0.05) is 12.8 Å². The first-order valence-electron chi connectivity index (χ1n) is 5.58. The van der Waals surface area contributed by atoms with Gasteiger partial charge in [-0.25, -0.2) is 4.79 Å². The number of aliphatic carboxylic acids is 2. The van der Waals surface area contributed by atoms with Crippen LogP contribution >= 0.6 is 0 Å². The predicted molar refractivity (Wildman–Crippen MR) is 60.6 cm³/mol. The summed E-state index contributed by atoms with van der Waals surface area (Å²) < 4.78 is 0. The molecule has 0 aromatic rings. The van der Waals surface area contributed by atoms with Crippen molar-refractivity contribution in [2.24, 2.45) is 0 Å². The minimum absolute atomic E-state index is 0.129. The summed E-state index contributed by atoms with van der Waals surface area (Å²) in [4.78, 5) is 32.9. The molecule has 0 saturated carbocycles. The lowest BCUT2D eigenvalue weighted by atomic mass is 9.95. The lowest BCUT2D eigenvalue weighted by Crippen LogP contribution is -2.52. The van der Waals surface area contributed by atoms with Gasteiger partial charge in [0.1, 0.15) is 5.54 Å². The lowest BCUT2D eigenvalue weighted by molar-refractivity contribution is -0.148. The van der Waals surface area contributed by atoms with Crippen LogP contribution in [0.1, 0.15) is 46.0 Å². The molecule has 1 amide bonds. The van der Waals surface area contributed by atoms with Gasteiger partial charge in [-0.1, -0.05) is 13.3 Å². The first-order valence-corrected chi connectivity index (χ1v) is 5.58. The fraction of sp³-hybridized carbons (Fsp3) is 0.727. The van der Waals surface area contributed by atoms with Crippen molar-refractivity contribution in [1.82, 2.24) is 5.32 Å². The number of carbonyl (C=O) groups excluding carboxylic acids is 1. The van der Waals surface area contributed by atoms with Gasteiger partial charge in [0.15, 0.2) is 0 Å². The summed E-state index contributed by atoms with van der Waals surface area (Å²) >= 11 is 0. The van der Waals surface area contributed by atoms with E-state index in [1.807, 2.05) is 6.92 Å². The van der Waals surface area contributed by atoms with Crippen LogP contribution in [0.3, 0.4) is 0 Å². The fourth-order valence-corrected chi connectivity index (χ4v) is 1.29. The Morgan fingerprint density at radius 1 is 1.18 bits per heavy atom. The highest BCUT2D eigenvalue weighted by molar-refractivity contribution is 5.87. The summed E-state index contributed by atoms with van der Waals surface area (Å²) in [5.74, 6) is -2.66. The van der Waals surface area contributed by atoms with E-state index in [4.69, 9.17) is 10.2 Å². The molecule has 0 aliphatic rings. The van der Waals surface area contributed by atoms with Crippen LogP contribution in [0.2, 0.25) is 0 Å². The van der Waals surface area contributed by atoms with Gasteiger partial charge in [0.05, 0.1) is 0 Å². The molecule has 0 heterocycles. The maximum absolute atomic E-state index is 11.4. The number of nitrogens with one attached hydrogen (secondary N) is 1. The molecule has 0 saturated heterocycles. The summed E-state index contributed by atoms with van der Waals surface area (Å²) in [6.07, 6.45) is 1.35. The molecule has 0 aromatic heterocycles. The second kappa shape index (κ2) is 6.88. The Balaban J connectivity index is 4.45. The van der Waals surface area contributed by atoms with Crippen molar-refractivity contribution in [3.8, 4) is 0 Å². The van der Waals surface area contributed by atoms with Crippen LogP contribution in [0.15, 0.2) is 0 Å². The van der Waals surface area contributed by atoms with Crippen LogP contribution < -0.4 is 5.32 Å². The Bertz CT molecular complexity index is 302. The van der Waals surface area contributed by atoms with Crippen molar-refractivity contribution in [3.05, 3.63) is 0 Å². The molecule has 0 aliphatic heterocycles. The Morgan fingerprint density at radius 2 is 1.76 bits per heavy atom. The molecule has 0 radical (unpaired) electrons. The maximum atomic E-state index is 11.4. The van der Waals surface area contributed by atoms with E-state index >= 15 is 0 Å². The van der Waals surface area contributed by atoms with Crippen molar-refractivity contribution >= 4 is 17.8 Å². The normalized spacial score (nSPS) is 13.8. The highest BCUT2D eigenvalue weighted by Gasteiger charge is 2.34. The second-order valence-electron chi connectivity index (χ2n) is 4.18. The van der Waals surface area contributed by atoms with Gasteiger partial charge in [0.2, 0.25) is 5.91 Å². The van der Waals surface area contributed by atoms with Gasteiger partial charge in [-0.2, -0.15) is 0 Å². The number of hydrogen-bond donors (Lipinski definition) is 3. The van der Waals surface area contributed by atoms with Gasteiger partial charge in [0.25, 0.3) is 0 Å². The molecule has 1 atom stereocenters. The number of carboxylic acid groups (broad SMARTS) is 2. The molecular formula is C11H19NO5. The molecule has 0 unspecified atom stereocenters. The molecule has 6 nitrogen and oxygen atoms in total. The van der Waals surface area contributed by atoms with Crippen molar-refractivity contribution in [1.29, 1.82) is 0 Å². The number of carbonyl (C=O) groups is 3. The molecule has 0 spiro atoms. The van der Waals surface area contributed by atoms with Crippen molar-refractivity contribution in [2.75, 3.05) is 0 Å². The SMILES string of the molecule is CCCCC(=O)N[C@@](C)(CCC(=O)O)C(=O)O. The molecule has 0 fully saturated rings. The molecular weight excluding hydrogens is 226 g/mol. The smallest absolute Gasteiger partial charge is 0.329 e.